The van der Waals surface area contributed by atoms with Crippen LogP contribution in [-0.2, 0) is 11.8 Å². The van der Waals surface area contributed by atoms with Gasteiger partial charge in [-0.15, -0.1) is 0 Å². The number of fused-ring (bicyclic) bond motifs is 2. The van der Waals surface area contributed by atoms with Gasteiger partial charge in [-0.2, -0.15) is 0 Å². The number of benzene rings is 2. The number of anilines is 3. The zero-order valence-electron chi connectivity index (χ0n) is 19.3. The van der Waals surface area contributed by atoms with E-state index in [1.165, 1.54) is 6.33 Å². The molecule has 180 valence electrons. The number of rotatable bonds is 5. The van der Waals surface area contributed by atoms with E-state index in [0.717, 1.165) is 29.7 Å². The minimum atomic E-state index is 0.0430. The lowest BCUT2D eigenvalue weighted by Gasteiger charge is -2.57. The van der Waals surface area contributed by atoms with E-state index in [0.29, 0.717) is 52.5 Å². The molecule has 0 amide bonds. The van der Waals surface area contributed by atoms with Crippen molar-refractivity contribution in [3.63, 3.8) is 0 Å². The highest BCUT2D eigenvalue weighted by atomic mass is 35.5. The van der Waals surface area contributed by atoms with Crippen LogP contribution in [0.1, 0.15) is 6.42 Å². The van der Waals surface area contributed by atoms with Gasteiger partial charge in [-0.3, -0.25) is 0 Å². The summed E-state index contributed by atoms with van der Waals surface area (Å²) in [5.41, 5.74) is 3.98. The molecule has 0 saturated carbocycles. The van der Waals surface area contributed by atoms with Gasteiger partial charge in [-0.25, -0.2) is 24.9 Å². The highest BCUT2D eigenvalue weighted by molar-refractivity contribution is 6.32. The first-order valence-corrected chi connectivity index (χ1v) is 11.9. The van der Waals surface area contributed by atoms with Crippen molar-refractivity contribution in [1.82, 2.24) is 29.5 Å². The summed E-state index contributed by atoms with van der Waals surface area (Å²) in [5.74, 6) is 2.45. The van der Waals surface area contributed by atoms with Gasteiger partial charge in [0.1, 0.15) is 28.9 Å². The maximum Gasteiger partial charge on any atom is 0.226 e. The van der Waals surface area contributed by atoms with E-state index < -0.39 is 0 Å². The second-order valence-electron chi connectivity index (χ2n) is 9.12. The Hall–Kier alpha value is -4.02. The zero-order chi connectivity index (χ0) is 24.3. The fraction of sp³-hybridized carbons (Fsp3) is 0.240. The predicted octanol–water partition coefficient (Wildman–Crippen LogP) is 4.47. The summed E-state index contributed by atoms with van der Waals surface area (Å²) < 4.78 is 13.4. The van der Waals surface area contributed by atoms with Crippen molar-refractivity contribution in [2.45, 2.75) is 12.0 Å². The lowest BCUT2D eigenvalue weighted by atomic mass is 9.83. The molecule has 2 aromatic carbocycles. The Morgan fingerprint density at radius 2 is 1.97 bits per heavy atom. The van der Waals surface area contributed by atoms with E-state index in [1.807, 2.05) is 41.9 Å². The summed E-state index contributed by atoms with van der Waals surface area (Å²) >= 11 is 6.57. The van der Waals surface area contributed by atoms with Crippen molar-refractivity contribution < 1.29 is 9.47 Å². The van der Waals surface area contributed by atoms with Crippen molar-refractivity contribution in [2.24, 2.45) is 7.05 Å². The van der Waals surface area contributed by atoms with Crippen LogP contribution in [0.25, 0.3) is 22.1 Å². The molecule has 0 aliphatic carbocycles. The largest absolute Gasteiger partial charge is 0.456 e. The SMILES string of the molecule is Cn1cnc2cc(Oc3ccc(Nc4ncnc5cnc(N6CCC67COC7)nc45)cc3Cl)ccc21. The minimum Gasteiger partial charge on any atom is -0.456 e. The summed E-state index contributed by atoms with van der Waals surface area (Å²) in [6, 6.07) is 11.2. The summed E-state index contributed by atoms with van der Waals surface area (Å²) in [6.45, 7) is 2.34. The minimum absolute atomic E-state index is 0.0430. The third-order valence-electron chi connectivity index (χ3n) is 6.84. The number of nitrogens with one attached hydrogen (secondary N) is 1. The van der Waals surface area contributed by atoms with Gasteiger partial charge in [-0.1, -0.05) is 11.6 Å². The van der Waals surface area contributed by atoms with E-state index >= 15 is 0 Å². The van der Waals surface area contributed by atoms with Gasteiger partial charge in [0.15, 0.2) is 5.82 Å². The van der Waals surface area contributed by atoms with Crippen molar-refractivity contribution in [3.05, 3.63) is 60.3 Å². The molecule has 0 atom stereocenters. The molecule has 10 nitrogen and oxygen atoms in total. The average molecular weight is 501 g/mol. The summed E-state index contributed by atoms with van der Waals surface area (Å²) in [7, 11) is 1.96. The fourth-order valence-corrected chi connectivity index (χ4v) is 4.88. The predicted molar refractivity (Wildman–Crippen MR) is 136 cm³/mol. The van der Waals surface area contributed by atoms with Crippen LogP contribution in [0.3, 0.4) is 0 Å². The molecular formula is C25H21ClN8O2. The Balaban J connectivity index is 1.15. The monoisotopic (exact) mass is 500 g/mol. The van der Waals surface area contributed by atoms with Gasteiger partial charge < -0.3 is 24.3 Å². The van der Waals surface area contributed by atoms with Gasteiger partial charge in [0, 0.05) is 25.3 Å². The van der Waals surface area contributed by atoms with Crippen LogP contribution < -0.4 is 15.0 Å². The third kappa shape index (κ3) is 3.41. The molecule has 0 radical (unpaired) electrons. The van der Waals surface area contributed by atoms with Crippen LogP contribution >= 0.6 is 11.6 Å². The van der Waals surface area contributed by atoms with Crippen LogP contribution in [0.5, 0.6) is 11.5 Å². The molecule has 11 heteroatoms. The number of nitrogens with zero attached hydrogens (tertiary/aromatic N) is 7. The van der Waals surface area contributed by atoms with Gasteiger partial charge in [0.05, 0.1) is 47.3 Å². The molecule has 2 saturated heterocycles. The Bertz CT molecular complexity index is 1630. The van der Waals surface area contributed by atoms with E-state index in [9.17, 15) is 0 Å². The first kappa shape index (κ1) is 21.3. The molecule has 5 aromatic rings. The summed E-state index contributed by atoms with van der Waals surface area (Å²) in [4.78, 5) is 24.7. The number of aryl methyl sites for hydroxylation is 1. The molecule has 2 aliphatic rings. The molecule has 5 heterocycles. The number of halogens is 1. The maximum absolute atomic E-state index is 6.57. The maximum atomic E-state index is 6.57. The van der Waals surface area contributed by atoms with E-state index in [4.69, 9.17) is 26.1 Å². The van der Waals surface area contributed by atoms with E-state index in [2.05, 4.69) is 30.2 Å². The van der Waals surface area contributed by atoms with Crippen molar-refractivity contribution in [1.29, 1.82) is 0 Å². The van der Waals surface area contributed by atoms with Gasteiger partial charge in [0.25, 0.3) is 0 Å². The van der Waals surface area contributed by atoms with Crippen molar-refractivity contribution >= 4 is 51.1 Å². The van der Waals surface area contributed by atoms with Crippen molar-refractivity contribution in [3.8, 4) is 11.5 Å². The number of hydrogen-bond acceptors (Lipinski definition) is 9. The lowest BCUT2D eigenvalue weighted by Crippen LogP contribution is -2.71. The van der Waals surface area contributed by atoms with E-state index in [-0.39, 0.29) is 5.54 Å². The molecule has 1 spiro atoms. The smallest absolute Gasteiger partial charge is 0.226 e. The number of imidazole rings is 1. The van der Waals surface area contributed by atoms with Gasteiger partial charge >= 0.3 is 0 Å². The van der Waals surface area contributed by atoms with Crippen LogP contribution in [0.15, 0.2) is 55.2 Å². The van der Waals surface area contributed by atoms with E-state index in [1.54, 1.807) is 18.6 Å². The summed E-state index contributed by atoms with van der Waals surface area (Å²) in [5, 5.41) is 3.78. The third-order valence-corrected chi connectivity index (χ3v) is 7.14. The second kappa shape index (κ2) is 8.00. The quantitative estimate of drug-likeness (QED) is 0.374. The van der Waals surface area contributed by atoms with Gasteiger partial charge in [-0.05, 0) is 36.8 Å². The Morgan fingerprint density at radius 1 is 1.06 bits per heavy atom. The topological polar surface area (TPSA) is 103 Å². The normalized spacial score (nSPS) is 16.2. The number of aromatic nitrogens is 6. The highest BCUT2D eigenvalue weighted by Crippen LogP contribution is 2.40. The second-order valence-corrected chi connectivity index (χ2v) is 9.53. The molecule has 3 aromatic heterocycles. The van der Waals surface area contributed by atoms with Crippen molar-refractivity contribution in [2.75, 3.05) is 30.0 Å². The molecule has 7 rings (SSSR count). The van der Waals surface area contributed by atoms with Crippen LogP contribution in [-0.4, -0.2) is 54.8 Å². The first-order chi connectivity index (χ1) is 17.6. The highest BCUT2D eigenvalue weighted by Gasteiger charge is 2.52. The van der Waals surface area contributed by atoms with Crippen LogP contribution in [0.4, 0.5) is 17.5 Å². The molecule has 0 unspecified atom stereocenters. The molecular weight excluding hydrogens is 480 g/mol. The Labute approximate surface area is 210 Å². The standard InChI is InChI=1S/C25H21ClN8O2/c1-33-14-30-18-9-16(3-4-20(18)33)36-21-5-2-15(8-17(21)26)31-23-22-19(28-13-29-23)10-27-24(32-22)34-7-6-25(34)11-35-12-25/h2-5,8-10,13-14H,6-7,11-12H2,1H3,(H,28,29,31). The molecule has 2 aliphatic heterocycles. The Morgan fingerprint density at radius 3 is 2.75 bits per heavy atom. The van der Waals surface area contributed by atoms with Crippen LogP contribution in [0.2, 0.25) is 5.02 Å². The zero-order valence-corrected chi connectivity index (χ0v) is 20.1. The van der Waals surface area contributed by atoms with Crippen LogP contribution in [0, 0.1) is 0 Å². The fourth-order valence-electron chi connectivity index (χ4n) is 4.66. The number of hydrogen-bond donors (Lipinski definition) is 1. The van der Waals surface area contributed by atoms with Gasteiger partial charge in [0.2, 0.25) is 5.95 Å². The molecule has 2 fully saturated rings. The lowest BCUT2D eigenvalue weighted by molar-refractivity contribution is -0.0855. The number of ether oxygens (including phenoxy) is 2. The first-order valence-electron chi connectivity index (χ1n) is 11.6. The summed E-state index contributed by atoms with van der Waals surface area (Å²) in [6.07, 6.45) is 6.09. The molecule has 36 heavy (non-hydrogen) atoms. The average Bonchev–Trinajstić information content (AvgIpc) is 3.19. The Kier molecular flexibility index (Phi) is 4.73. The molecule has 1 N–H and O–H groups in total. The molecule has 0 bridgehead atoms.